The summed E-state index contributed by atoms with van der Waals surface area (Å²) in [6.07, 6.45) is 2.80. The fraction of sp³-hybridized carbons (Fsp3) is 0.368. The number of guanidine groups is 1. The maximum absolute atomic E-state index is 5.85. The summed E-state index contributed by atoms with van der Waals surface area (Å²) in [6.45, 7) is 5.66. The van der Waals surface area contributed by atoms with Crippen LogP contribution in [-0.2, 0) is 6.54 Å². The van der Waals surface area contributed by atoms with E-state index in [0.717, 1.165) is 24.3 Å². The predicted octanol–water partition coefficient (Wildman–Crippen LogP) is 3.95. The first-order chi connectivity index (χ1) is 12.1. The normalized spacial score (nSPS) is 11.0. The Kier molecular flexibility index (Phi) is 9.79. The van der Waals surface area contributed by atoms with Gasteiger partial charge in [0.05, 0.1) is 13.7 Å². The highest BCUT2D eigenvalue weighted by molar-refractivity contribution is 14.0. The van der Waals surface area contributed by atoms with E-state index in [0.29, 0.717) is 30.1 Å². The van der Waals surface area contributed by atoms with E-state index >= 15 is 0 Å². The number of rotatable bonds is 8. The predicted molar refractivity (Wildman–Crippen MR) is 116 cm³/mol. The Balaban J connectivity index is 0.00000338. The Morgan fingerprint density at radius 3 is 2.65 bits per heavy atom. The molecular weight excluding hydrogens is 443 g/mol. The molecule has 0 aliphatic rings. The van der Waals surface area contributed by atoms with Gasteiger partial charge in [-0.3, -0.25) is 0 Å². The Labute approximate surface area is 172 Å². The average molecular weight is 470 g/mol. The van der Waals surface area contributed by atoms with Crippen molar-refractivity contribution in [3.63, 3.8) is 0 Å². The second-order valence-electron chi connectivity index (χ2n) is 6.10. The third kappa shape index (κ3) is 7.90. The highest BCUT2D eigenvalue weighted by Gasteiger charge is 2.01. The second-order valence-corrected chi connectivity index (χ2v) is 6.10. The fourth-order valence-electron chi connectivity index (χ4n) is 2.07. The van der Waals surface area contributed by atoms with E-state index in [1.165, 1.54) is 0 Å². The molecule has 0 fully saturated rings. The number of hydrogen-bond acceptors (Lipinski definition) is 4. The van der Waals surface area contributed by atoms with E-state index in [4.69, 9.17) is 15.2 Å². The molecule has 6 nitrogen and oxygen atoms in total. The number of aromatic nitrogens is 1. The quantitative estimate of drug-likeness (QED) is 0.347. The summed E-state index contributed by atoms with van der Waals surface area (Å²) in [5.41, 5.74) is 6.81. The maximum Gasteiger partial charge on any atom is 0.219 e. The van der Waals surface area contributed by atoms with Gasteiger partial charge in [0, 0.05) is 24.9 Å². The van der Waals surface area contributed by atoms with Crippen molar-refractivity contribution >= 4 is 29.9 Å². The van der Waals surface area contributed by atoms with Crippen LogP contribution >= 0.6 is 24.0 Å². The van der Waals surface area contributed by atoms with Gasteiger partial charge >= 0.3 is 0 Å². The summed E-state index contributed by atoms with van der Waals surface area (Å²) in [5, 5.41) is 3.11. The molecule has 2 rings (SSSR count). The minimum Gasteiger partial charge on any atom is -0.497 e. The lowest BCUT2D eigenvalue weighted by atomic mass is 10.1. The molecule has 3 N–H and O–H groups in total. The Hall–Kier alpha value is -2.03. The van der Waals surface area contributed by atoms with Gasteiger partial charge in [0.1, 0.15) is 11.5 Å². The first-order valence-electron chi connectivity index (χ1n) is 8.37. The number of halogens is 1. The van der Waals surface area contributed by atoms with Crippen molar-refractivity contribution in [1.29, 1.82) is 0 Å². The molecule has 26 heavy (non-hydrogen) atoms. The number of benzene rings is 1. The zero-order valence-corrected chi connectivity index (χ0v) is 17.8. The number of nitrogens with one attached hydrogen (secondary N) is 1. The summed E-state index contributed by atoms with van der Waals surface area (Å²) in [7, 11) is 1.62. The van der Waals surface area contributed by atoms with Crippen molar-refractivity contribution in [2.75, 3.05) is 13.7 Å². The number of pyridine rings is 1. The van der Waals surface area contributed by atoms with Crippen LogP contribution in [0.5, 0.6) is 17.4 Å². The molecule has 0 saturated heterocycles. The van der Waals surface area contributed by atoms with Gasteiger partial charge in [-0.05, 0) is 30.0 Å². The molecule has 0 atom stereocenters. The summed E-state index contributed by atoms with van der Waals surface area (Å²) < 4.78 is 10.9. The summed E-state index contributed by atoms with van der Waals surface area (Å²) >= 11 is 0. The summed E-state index contributed by atoms with van der Waals surface area (Å²) in [4.78, 5) is 8.61. The molecule has 0 aliphatic carbocycles. The highest BCUT2D eigenvalue weighted by atomic mass is 127. The average Bonchev–Trinajstić information content (AvgIpc) is 2.61. The summed E-state index contributed by atoms with van der Waals surface area (Å²) in [5.74, 6) is 3.03. The van der Waals surface area contributed by atoms with Crippen molar-refractivity contribution in [2.45, 2.75) is 26.8 Å². The number of hydrogen-bond donors (Lipinski definition) is 2. The first kappa shape index (κ1) is 22.0. The van der Waals surface area contributed by atoms with Crippen LogP contribution in [0.25, 0.3) is 0 Å². The number of methoxy groups -OCH3 is 1. The first-order valence-corrected chi connectivity index (χ1v) is 8.37. The molecule has 0 radical (unpaired) electrons. The molecule has 0 amide bonds. The van der Waals surface area contributed by atoms with Crippen LogP contribution in [0.15, 0.2) is 47.6 Å². The van der Waals surface area contributed by atoms with Crippen LogP contribution in [0, 0.1) is 5.92 Å². The minimum atomic E-state index is 0. The van der Waals surface area contributed by atoms with Gasteiger partial charge in [0.25, 0.3) is 0 Å². The van der Waals surface area contributed by atoms with Gasteiger partial charge < -0.3 is 20.5 Å². The molecule has 0 unspecified atom stereocenters. The van der Waals surface area contributed by atoms with E-state index in [1.807, 2.05) is 36.4 Å². The zero-order valence-electron chi connectivity index (χ0n) is 15.4. The van der Waals surface area contributed by atoms with Crippen LogP contribution < -0.4 is 20.5 Å². The second kappa shape index (κ2) is 11.6. The van der Waals surface area contributed by atoms with Gasteiger partial charge in [0.2, 0.25) is 5.88 Å². The topological polar surface area (TPSA) is 81.8 Å². The van der Waals surface area contributed by atoms with Crippen LogP contribution in [0.3, 0.4) is 0 Å². The maximum atomic E-state index is 5.85. The molecule has 0 saturated carbocycles. The third-order valence-electron chi connectivity index (χ3n) is 3.52. The molecule has 7 heteroatoms. The van der Waals surface area contributed by atoms with Crippen molar-refractivity contribution in [1.82, 2.24) is 10.3 Å². The van der Waals surface area contributed by atoms with Gasteiger partial charge in [-0.2, -0.15) is 0 Å². The van der Waals surface area contributed by atoms with Gasteiger partial charge in [-0.15, -0.1) is 24.0 Å². The lowest BCUT2D eigenvalue weighted by molar-refractivity contribution is 0.407. The lowest BCUT2D eigenvalue weighted by Crippen LogP contribution is -2.32. The van der Waals surface area contributed by atoms with Gasteiger partial charge in [-0.25, -0.2) is 9.98 Å². The van der Waals surface area contributed by atoms with Crippen LogP contribution in [-0.4, -0.2) is 24.6 Å². The molecule has 1 aromatic carbocycles. The number of ether oxygens (including phenoxy) is 2. The Bertz CT molecular complexity index is 690. The minimum absolute atomic E-state index is 0. The molecular formula is C19H27IN4O2. The van der Waals surface area contributed by atoms with Crippen molar-refractivity contribution < 1.29 is 9.47 Å². The van der Waals surface area contributed by atoms with Crippen molar-refractivity contribution in [2.24, 2.45) is 16.6 Å². The molecule has 2 aromatic rings. The molecule has 1 aromatic heterocycles. The highest BCUT2D eigenvalue weighted by Crippen LogP contribution is 2.23. The van der Waals surface area contributed by atoms with Gasteiger partial charge in [-0.1, -0.05) is 26.0 Å². The molecule has 0 spiro atoms. The monoisotopic (exact) mass is 470 g/mol. The SMILES string of the molecule is COc1cccc(Oc2ccc(CN=C(N)NCCC(C)C)cn2)c1.I. The van der Waals surface area contributed by atoms with E-state index in [9.17, 15) is 0 Å². The molecule has 142 valence electrons. The fourth-order valence-corrected chi connectivity index (χ4v) is 2.07. The Morgan fingerprint density at radius 2 is 2.00 bits per heavy atom. The van der Waals surface area contributed by atoms with Gasteiger partial charge in [0.15, 0.2) is 5.96 Å². The molecule has 1 heterocycles. The van der Waals surface area contributed by atoms with Crippen molar-refractivity contribution in [3.8, 4) is 17.4 Å². The van der Waals surface area contributed by atoms with Crippen LogP contribution in [0.4, 0.5) is 0 Å². The van der Waals surface area contributed by atoms with Crippen LogP contribution in [0.2, 0.25) is 0 Å². The van der Waals surface area contributed by atoms with E-state index in [2.05, 4.69) is 29.1 Å². The standard InChI is InChI=1S/C19H26N4O2.HI/c1-14(2)9-10-21-19(20)23-13-15-7-8-18(22-12-15)25-17-6-4-5-16(11-17)24-3;/h4-8,11-12,14H,9-10,13H2,1-3H3,(H3,20,21,23);1H. The number of aliphatic imine (C=N–C) groups is 1. The van der Waals surface area contributed by atoms with E-state index in [-0.39, 0.29) is 24.0 Å². The number of nitrogens with two attached hydrogens (primary N) is 1. The van der Waals surface area contributed by atoms with Crippen LogP contribution in [0.1, 0.15) is 25.8 Å². The van der Waals surface area contributed by atoms with E-state index in [1.54, 1.807) is 13.3 Å². The number of nitrogens with zero attached hydrogens (tertiary/aromatic N) is 2. The zero-order chi connectivity index (χ0) is 18.1. The largest absolute Gasteiger partial charge is 0.497 e. The molecule has 0 aliphatic heterocycles. The smallest absolute Gasteiger partial charge is 0.219 e. The molecule has 0 bridgehead atoms. The van der Waals surface area contributed by atoms with Crippen molar-refractivity contribution in [3.05, 3.63) is 48.2 Å². The Morgan fingerprint density at radius 1 is 1.23 bits per heavy atom. The van der Waals surface area contributed by atoms with E-state index < -0.39 is 0 Å². The summed E-state index contributed by atoms with van der Waals surface area (Å²) in [6, 6.07) is 11.1. The lowest BCUT2D eigenvalue weighted by Gasteiger charge is -2.08. The third-order valence-corrected chi connectivity index (χ3v) is 3.52.